The Hall–Kier alpha value is -3.06. The van der Waals surface area contributed by atoms with Gasteiger partial charge in [-0.3, -0.25) is 4.79 Å². The van der Waals surface area contributed by atoms with Gasteiger partial charge in [0.25, 0.3) is 0 Å². The maximum absolute atomic E-state index is 12.4. The highest BCUT2D eigenvalue weighted by atomic mass is 35.5. The third-order valence-corrected chi connectivity index (χ3v) is 3.98. The number of carbonyl (C=O) groups is 3. The molecular weight excluding hydrogens is 398 g/mol. The fourth-order valence-electron chi connectivity index (χ4n) is 2.38. The third kappa shape index (κ3) is 8.66. The van der Waals surface area contributed by atoms with Crippen LogP contribution in [0.5, 0.6) is 0 Å². The molecule has 7 nitrogen and oxygen atoms in total. The van der Waals surface area contributed by atoms with Gasteiger partial charge >= 0.3 is 18.0 Å². The lowest BCUT2D eigenvalue weighted by molar-refractivity contribution is -0.148. The number of ether oxygens (including phenoxy) is 3. The van der Waals surface area contributed by atoms with Gasteiger partial charge in [0.05, 0.1) is 0 Å². The molecule has 0 fully saturated rings. The van der Waals surface area contributed by atoms with Crippen LogP contribution in [-0.4, -0.2) is 30.1 Å². The van der Waals surface area contributed by atoms with Gasteiger partial charge in [-0.25, -0.2) is 9.59 Å². The number of hydrogen-bond donors (Lipinski definition) is 1. The Kier molecular flexibility index (Phi) is 9.51. The average Bonchev–Trinajstić information content (AvgIpc) is 2.75. The van der Waals surface area contributed by atoms with Gasteiger partial charge in [-0.15, -0.1) is 0 Å². The first-order chi connectivity index (χ1) is 14.1. The zero-order chi connectivity index (χ0) is 20.9. The van der Waals surface area contributed by atoms with Crippen molar-refractivity contribution in [3.63, 3.8) is 0 Å². The van der Waals surface area contributed by atoms with Crippen molar-refractivity contribution < 1.29 is 28.6 Å². The molecule has 29 heavy (non-hydrogen) atoms. The van der Waals surface area contributed by atoms with Crippen LogP contribution in [0.15, 0.2) is 60.7 Å². The molecule has 1 amide bonds. The van der Waals surface area contributed by atoms with Crippen LogP contribution in [0.25, 0.3) is 0 Å². The minimum Gasteiger partial charge on any atom is -0.461 e. The number of hydrogen-bond acceptors (Lipinski definition) is 6. The first-order valence-electron chi connectivity index (χ1n) is 8.98. The van der Waals surface area contributed by atoms with Crippen LogP contribution in [0.4, 0.5) is 4.79 Å². The second-order valence-corrected chi connectivity index (χ2v) is 6.23. The van der Waals surface area contributed by atoms with Crippen LogP contribution >= 0.6 is 11.6 Å². The maximum Gasteiger partial charge on any atom is 0.409 e. The summed E-state index contributed by atoms with van der Waals surface area (Å²) in [5.41, 5.74) is 1.65. The standard InChI is InChI=1S/C21H22ClNO6/c22-15-29-21(26)23-18(20(25)28-14-17-9-5-2-6-10-17)11-12-19(24)27-13-16-7-3-1-4-8-16/h1-10,18H,11-15H2,(H,23,26). The highest BCUT2D eigenvalue weighted by Gasteiger charge is 2.24. The van der Waals surface area contributed by atoms with E-state index in [1.807, 2.05) is 48.5 Å². The highest BCUT2D eigenvalue weighted by Crippen LogP contribution is 2.08. The van der Waals surface area contributed by atoms with Crippen molar-refractivity contribution in [2.75, 3.05) is 6.07 Å². The lowest BCUT2D eigenvalue weighted by Gasteiger charge is -2.17. The number of alkyl carbamates (subject to hydrolysis) is 1. The zero-order valence-electron chi connectivity index (χ0n) is 15.7. The third-order valence-electron chi connectivity index (χ3n) is 3.87. The van der Waals surface area contributed by atoms with Gasteiger partial charge < -0.3 is 19.5 Å². The SMILES string of the molecule is O=C(CCC(NC(=O)OCCl)C(=O)OCc1ccccc1)OCc1ccccc1. The van der Waals surface area contributed by atoms with Gasteiger partial charge in [0, 0.05) is 6.42 Å². The lowest BCUT2D eigenvalue weighted by Crippen LogP contribution is -2.42. The molecule has 1 atom stereocenters. The van der Waals surface area contributed by atoms with Gasteiger partial charge in [-0.1, -0.05) is 72.3 Å². The molecule has 0 bridgehead atoms. The Morgan fingerprint density at radius 3 is 1.93 bits per heavy atom. The van der Waals surface area contributed by atoms with E-state index >= 15 is 0 Å². The summed E-state index contributed by atoms with van der Waals surface area (Å²) in [4.78, 5) is 36.0. The first kappa shape index (κ1) is 22.2. The molecule has 0 aliphatic heterocycles. The second kappa shape index (κ2) is 12.4. The molecule has 0 aliphatic rings. The normalized spacial score (nSPS) is 11.2. The van der Waals surface area contributed by atoms with Crippen molar-refractivity contribution >= 4 is 29.6 Å². The molecule has 0 spiro atoms. The molecule has 154 valence electrons. The molecule has 0 aromatic heterocycles. The number of amides is 1. The lowest BCUT2D eigenvalue weighted by atomic mass is 10.1. The first-order valence-corrected chi connectivity index (χ1v) is 9.51. The molecule has 1 N–H and O–H groups in total. The predicted octanol–water partition coefficient (Wildman–Crippen LogP) is 3.54. The van der Waals surface area contributed by atoms with Crippen LogP contribution in [0, 0.1) is 0 Å². The van der Waals surface area contributed by atoms with E-state index in [1.54, 1.807) is 12.1 Å². The summed E-state index contributed by atoms with van der Waals surface area (Å²) in [6.07, 6.45) is -0.961. The minimum absolute atomic E-state index is 0.00136. The summed E-state index contributed by atoms with van der Waals surface area (Å²) in [5, 5.41) is 2.36. The molecule has 2 aromatic carbocycles. The average molecular weight is 420 g/mol. The van der Waals surface area contributed by atoms with Crippen LogP contribution in [0.2, 0.25) is 0 Å². The van der Waals surface area contributed by atoms with Crippen molar-refractivity contribution in [1.82, 2.24) is 5.32 Å². The number of alkyl halides is 1. The molecular formula is C21H22ClNO6. The second-order valence-electron chi connectivity index (χ2n) is 6.02. The van der Waals surface area contributed by atoms with Crippen molar-refractivity contribution in [2.45, 2.75) is 32.1 Å². The molecule has 0 aliphatic carbocycles. The van der Waals surface area contributed by atoms with Gasteiger partial charge in [0.2, 0.25) is 0 Å². The number of carbonyl (C=O) groups excluding carboxylic acids is 3. The Labute approximate surface area is 173 Å². The molecule has 8 heteroatoms. The summed E-state index contributed by atoms with van der Waals surface area (Å²) < 4.78 is 15.0. The van der Waals surface area contributed by atoms with Crippen LogP contribution < -0.4 is 5.32 Å². The molecule has 1 unspecified atom stereocenters. The van der Waals surface area contributed by atoms with Gasteiger partial charge in [-0.2, -0.15) is 0 Å². The van der Waals surface area contributed by atoms with Crippen molar-refractivity contribution in [1.29, 1.82) is 0 Å². The Bertz CT molecular complexity index is 784. The molecule has 0 saturated carbocycles. The van der Waals surface area contributed by atoms with E-state index in [4.69, 9.17) is 21.1 Å². The van der Waals surface area contributed by atoms with Gasteiger partial charge in [0.1, 0.15) is 19.3 Å². The van der Waals surface area contributed by atoms with Gasteiger partial charge in [-0.05, 0) is 17.5 Å². The number of halogens is 1. The van der Waals surface area contributed by atoms with E-state index in [1.165, 1.54) is 0 Å². The fourth-order valence-corrected chi connectivity index (χ4v) is 2.48. The number of nitrogens with one attached hydrogen (secondary N) is 1. The van der Waals surface area contributed by atoms with Crippen molar-refractivity contribution in [3.8, 4) is 0 Å². The summed E-state index contributed by atoms with van der Waals surface area (Å²) in [6.45, 7) is 0.172. The van der Waals surface area contributed by atoms with Gasteiger partial charge in [0.15, 0.2) is 6.07 Å². The van der Waals surface area contributed by atoms with E-state index in [0.29, 0.717) is 0 Å². The van der Waals surface area contributed by atoms with Crippen LogP contribution in [0.1, 0.15) is 24.0 Å². The molecule has 0 radical (unpaired) electrons. The van der Waals surface area contributed by atoms with Crippen molar-refractivity contribution in [2.24, 2.45) is 0 Å². The maximum atomic E-state index is 12.4. The Balaban J connectivity index is 1.85. The topological polar surface area (TPSA) is 90.9 Å². The number of esters is 2. The van der Waals surface area contributed by atoms with Crippen molar-refractivity contribution in [3.05, 3.63) is 71.8 Å². The molecule has 2 aromatic rings. The number of benzene rings is 2. The highest BCUT2D eigenvalue weighted by molar-refractivity contribution is 6.17. The summed E-state index contributed by atoms with van der Waals surface area (Å²) in [7, 11) is 0. The zero-order valence-corrected chi connectivity index (χ0v) is 16.5. The Morgan fingerprint density at radius 2 is 1.38 bits per heavy atom. The van der Waals surface area contributed by atoms with E-state index in [2.05, 4.69) is 10.1 Å². The van der Waals surface area contributed by atoms with Crippen LogP contribution in [-0.2, 0) is 37.0 Å². The smallest absolute Gasteiger partial charge is 0.409 e. The molecule has 0 saturated heterocycles. The predicted molar refractivity (Wildman–Crippen MR) is 106 cm³/mol. The van der Waals surface area contributed by atoms with E-state index < -0.39 is 24.1 Å². The minimum atomic E-state index is -1.07. The number of rotatable bonds is 10. The van der Waals surface area contributed by atoms with E-state index in [0.717, 1.165) is 11.1 Å². The molecule has 0 heterocycles. The Morgan fingerprint density at radius 1 is 0.828 bits per heavy atom. The van der Waals surface area contributed by atoms with E-state index in [-0.39, 0.29) is 32.1 Å². The van der Waals surface area contributed by atoms with E-state index in [9.17, 15) is 14.4 Å². The monoisotopic (exact) mass is 419 g/mol. The molecule has 2 rings (SSSR count). The van der Waals surface area contributed by atoms with Crippen LogP contribution in [0.3, 0.4) is 0 Å². The largest absolute Gasteiger partial charge is 0.461 e. The summed E-state index contributed by atoms with van der Waals surface area (Å²) in [5.74, 6) is -1.18. The summed E-state index contributed by atoms with van der Waals surface area (Å²) >= 11 is 5.35. The summed E-state index contributed by atoms with van der Waals surface area (Å²) in [6, 6.07) is 16.9. The fraction of sp³-hybridized carbons (Fsp3) is 0.286. The quantitative estimate of drug-likeness (QED) is 0.360.